The monoisotopic (exact) mass is 375 g/mol. The van der Waals surface area contributed by atoms with Crippen LogP contribution in [0.4, 0.5) is 11.6 Å². The largest absolute Gasteiger partial charge is 0.353 e. The molecule has 0 atom stereocenters. The lowest BCUT2D eigenvalue weighted by molar-refractivity contribution is 0.410. The van der Waals surface area contributed by atoms with Crippen LogP contribution < -0.4 is 9.80 Å². The molecule has 0 amide bonds. The van der Waals surface area contributed by atoms with Crippen molar-refractivity contribution in [2.24, 2.45) is 0 Å². The van der Waals surface area contributed by atoms with Gasteiger partial charge in [0.2, 0.25) is 0 Å². The van der Waals surface area contributed by atoms with Crippen LogP contribution in [0.15, 0.2) is 43.0 Å². The third-order valence-corrected chi connectivity index (χ3v) is 5.92. The second-order valence-corrected chi connectivity index (χ2v) is 7.60. The van der Waals surface area contributed by atoms with Crippen molar-refractivity contribution in [1.82, 2.24) is 24.5 Å². The van der Waals surface area contributed by atoms with Gasteiger partial charge < -0.3 is 9.80 Å². The maximum absolute atomic E-state index is 4.86. The summed E-state index contributed by atoms with van der Waals surface area (Å²) in [6, 6.07) is 8.38. The fourth-order valence-electron chi connectivity index (χ4n) is 3.97. The molecule has 2 aliphatic rings. The van der Waals surface area contributed by atoms with E-state index >= 15 is 0 Å². The molecule has 0 N–H and O–H groups in total. The quantitative estimate of drug-likeness (QED) is 0.699. The average molecular weight is 375 g/mol. The Morgan fingerprint density at radius 3 is 2.32 bits per heavy atom. The van der Waals surface area contributed by atoms with Gasteiger partial charge in [0, 0.05) is 56.3 Å². The van der Waals surface area contributed by atoms with Crippen molar-refractivity contribution in [3.63, 3.8) is 0 Å². The molecule has 0 radical (unpaired) electrons. The fraction of sp³-hybridized carbons (Fsp3) is 0.429. The van der Waals surface area contributed by atoms with E-state index < -0.39 is 0 Å². The third kappa shape index (κ3) is 3.21. The van der Waals surface area contributed by atoms with Gasteiger partial charge in [-0.2, -0.15) is 0 Å². The Labute approximate surface area is 165 Å². The van der Waals surface area contributed by atoms with Gasteiger partial charge >= 0.3 is 0 Å². The Balaban J connectivity index is 1.28. The Hall–Kier alpha value is -2.96. The van der Waals surface area contributed by atoms with Crippen LogP contribution in [0.2, 0.25) is 0 Å². The molecule has 5 rings (SSSR count). The van der Waals surface area contributed by atoms with E-state index in [1.165, 1.54) is 25.0 Å². The lowest BCUT2D eigenvalue weighted by Crippen LogP contribution is -2.47. The molecule has 0 unspecified atom stereocenters. The summed E-state index contributed by atoms with van der Waals surface area (Å²) >= 11 is 0. The highest BCUT2D eigenvalue weighted by Gasteiger charge is 2.24. The van der Waals surface area contributed by atoms with Gasteiger partial charge in [0.15, 0.2) is 0 Å². The molecule has 1 saturated heterocycles. The van der Waals surface area contributed by atoms with Crippen molar-refractivity contribution in [1.29, 1.82) is 0 Å². The highest BCUT2D eigenvalue weighted by atomic mass is 15.3. The molecule has 1 aliphatic heterocycles. The normalized spacial score (nSPS) is 17.6. The van der Waals surface area contributed by atoms with Gasteiger partial charge in [0.1, 0.15) is 29.6 Å². The predicted molar refractivity (Wildman–Crippen MR) is 109 cm³/mol. The minimum Gasteiger partial charge on any atom is -0.353 e. The summed E-state index contributed by atoms with van der Waals surface area (Å²) in [6.07, 6.45) is 9.35. The number of hydrogen-bond donors (Lipinski definition) is 0. The first kappa shape index (κ1) is 17.2. The van der Waals surface area contributed by atoms with Gasteiger partial charge in [0.25, 0.3) is 0 Å². The van der Waals surface area contributed by atoms with Gasteiger partial charge in [-0.15, -0.1) is 0 Å². The third-order valence-electron chi connectivity index (χ3n) is 5.92. The van der Waals surface area contributed by atoms with Gasteiger partial charge in [-0.05, 0) is 31.9 Å². The molecule has 144 valence electrons. The number of rotatable bonds is 4. The number of imidazole rings is 1. The first-order valence-corrected chi connectivity index (χ1v) is 10.1. The van der Waals surface area contributed by atoms with E-state index in [4.69, 9.17) is 4.98 Å². The van der Waals surface area contributed by atoms with Crippen molar-refractivity contribution in [3.05, 3.63) is 54.5 Å². The minimum atomic E-state index is 0.640. The molecular weight excluding hydrogens is 350 g/mol. The predicted octanol–water partition coefficient (Wildman–Crippen LogP) is 2.96. The number of aryl methyl sites for hydroxylation is 1. The molecule has 7 heteroatoms. The smallest absolute Gasteiger partial charge is 0.140 e. The van der Waals surface area contributed by atoms with E-state index in [9.17, 15) is 0 Å². The van der Waals surface area contributed by atoms with E-state index in [1.54, 1.807) is 6.33 Å². The molecule has 3 aromatic heterocycles. The number of anilines is 2. The molecule has 1 saturated carbocycles. The molecule has 2 fully saturated rings. The molecule has 0 bridgehead atoms. The maximum atomic E-state index is 4.86. The molecular formula is C21H25N7. The summed E-state index contributed by atoms with van der Waals surface area (Å²) in [7, 11) is 0. The number of pyridine rings is 1. The van der Waals surface area contributed by atoms with Gasteiger partial charge in [-0.1, -0.05) is 12.5 Å². The van der Waals surface area contributed by atoms with Crippen LogP contribution >= 0.6 is 0 Å². The van der Waals surface area contributed by atoms with E-state index in [-0.39, 0.29) is 0 Å². The molecule has 3 aromatic rings. The van der Waals surface area contributed by atoms with Crippen LogP contribution in [-0.4, -0.2) is 50.7 Å². The van der Waals surface area contributed by atoms with E-state index in [2.05, 4.69) is 43.0 Å². The van der Waals surface area contributed by atoms with Crippen molar-refractivity contribution < 1.29 is 0 Å². The summed E-state index contributed by atoms with van der Waals surface area (Å²) in [6.45, 7) is 5.74. The Morgan fingerprint density at radius 2 is 1.64 bits per heavy atom. The van der Waals surface area contributed by atoms with Crippen LogP contribution in [0.1, 0.15) is 36.7 Å². The zero-order valence-corrected chi connectivity index (χ0v) is 16.2. The second-order valence-electron chi connectivity index (χ2n) is 7.60. The van der Waals surface area contributed by atoms with E-state index in [0.717, 1.165) is 49.5 Å². The topological polar surface area (TPSA) is 63.0 Å². The standard InChI is InChI=1S/C21H25N7/c1-16-22-8-9-28(16)20-7-3-6-19(25-20)26-10-12-27(13-11-26)21-14-18(23-15-24-21)17-4-2-5-17/h3,6-9,14-15,17H,2,4-5,10-13H2,1H3. The van der Waals surface area contributed by atoms with Crippen molar-refractivity contribution >= 4 is 11.6 Å². The summed E-state index contributed by atoms with van der Waals surface area (Å²) in [5, 5.41) is 0. The summed E-state index contributed by atoms with van der Waals surface area (Å²) < 4.78 is 2.02. The first-order valence-electron chi connectivity index (χ1n) is 10.1. The number of piperazine rings is 1. The van der Waals surface area contributed by atoms with Crippen LogP contribution in [0, 0.1) is 6.92 Å². The Kier molecular flexibility index (Phi) is 4.43. The molecule has 0 aromatic carbocycles. The lowest BCUT2D eigenvalue weighted by Gasteiger charge is -2.36. The van der Waals surface area contributed by atoms with Gasteiger partial charge in [0.05, 0.1) is 0 Å². The highest BCUT2D eigenvalue weighted by molar-refractivity contribution is 5.47. The van der Waals surface area contributed by atoms with Crippen molar-refractivity contribution in [2.75, 3.05) is 36.0 Å². The summed E-state index contributed by atoms with van der Waals surface area (Å²) in [5.41, 5.74) is 1.21. The van der Waals surface area contributed by atoms with E-state index in [0.29, 0.717) is 5.92 Å². The lowest BCUT2D eigenvalue weighted by atomic mass is 9.83. The Bertz CT molecular complexity index is 955. The summed E-state index contributed by atoms with van der Waals surface area (Å²) in [5.74, 6) is 4.58. The van der Waals surface area contributed by atoms with E-state index in [1.807, 2.05) is 30.0 Å². The first-order chi connectivity index (χ1) is 13.8. The SMILES string of the molecule is Cc1nccn1-c1cccc(N2CCN(c3cc(C4CCC4)ncn3)CC2)n1. The van der Waals surface area contributed by atoms with Crippen molar-refractivity contribution in [3.8, 4) is 5.82 Å². The number of aromatic nitrogens is 5. The molecule has 4 heterocycles. The van der Waals surface area contributed by atoms with Crippen LogP contribution in [0.5, 0.6) is 0 Å². The van der Waals surface area contributed by atoms with Crippen LogP contribution in [0.25, 0.3) is 5.82 Å². The zero-order chi connectivity index (χ0) is 18.9. The molecule has 7 nitrogen and oxygen atoms in total. The second kappa shape index (κ2) is 7.22. The highest BCUT2D eigenvalue weighted by Crippen LogP contribution is 2.36. The zero-order valence-electron chi connectivity index (χ0n) is 16.2. The molecule has 1 aliphatic carbocycles. The number of nitrogens with zero attached hydrogens (tertiary/aromatic N) is 7. The van der Waals surface area contributed by atoms with Crippen molar-refractivity contribution in [2.45, 2.75) is 32.1 Å². The fourth-order valence-corrected chi connectivity index (χ4v) is 3.97. The maximum Gasteiger partial charge on any atom is 0.140 e. The van der Waals surface area contributed by atoms with Gasteiger partial charge in [-0.3, -0.25) is 4.57 Å². The molecule has 0 spiro atoms. The number of hydrogen-bond acceptors (Lipinski definition) is 6. The van der Waals surface area contributed by atoms with Crippen LogP contribution in [0.3, 0.4) is 0 Å². The minimum absolute atomic E-state index is 0.640. The molecule has 28 heavy (non-hydrogen) atoms. The average Bonchev–Trinajstić information content (AvgIpc) is 3.13. The van der Waals surface area contributed by atoms with Crippen LogP contribution in [-0.2, 0) is 0 Å². The Morgan fingerprint density at radius 1 is 0.893 bits per heavy atom. The summed E-state index contributed by atoms with van der Waals surface area (Å²) in [4.78, 5) is 22.9. The van der Waals surface area contributed by atoms with Gasteiger partial charge in [-0.25, -0.2) is 19.9 Å².